The first kappa shape index (κ1) is 10.6. The largest absolute Gasteiger partial charge is 0.398 e. The molecule has 4 N–H and O–H groups in total. The lowest BCUT2D eigenvalue weighted by molar-refractivity contribution is 0.747. The lowest BCUT2D eigenvalue weighted by atomic mass is 9.99. The molecule has 3 nitrogen and oxygen atoms in total. The van der Waals surface area contributed by atoms with Gasteiger partial charge in [0.1, 0.15) is 0 Å². The van der Waals surface area contributed by atoms with Crippen molar-refractivity contribution in [1.29, 1.82) is 5.26 Å². The topological polar surface area (TPSA) is 75.8 Å². The van der Waals surface area contributed by atoms with Gasteiger partial charge in [0.05, 0.1) is 12.5 Å². The van der Waals surface area contributed by atoms with E-state index >= 15 is 0 Å². The van der Waals surface area contributed by atoms with Gasteiger partial charge in [-0.2, -0.15) is 5.26 Å². The maximum atomic E-state index is 8.54. The van der Waals surface area contributed by atoms with Crippen molar-refractivity contribution in [3.8, 4) is 6.07 Å². The fraction of sp³-hybridized carbons (Fsp3) is 0.364. The van der Waals surface area contributed by atoms with Gasteiger partial charge in [-0.3, -0.25) is 0 Å². The Kier molecular flexibility index (Phi) is 3.10. The maximum Gasteiger partial charge on any atom is 0.0641 e. The van der Waals surface area contributed by atoms with Crippen molar-refractivity contribution in [3.63, 3.8) is 0 Å². The summed E-state index contributed by atoms with van der Waals surface area (Å²) in [4.78, 5) is 0. The first-order chi connectivity index (χ1) is 6.56. The molecule has 0 saturated carbocycles. The molecule has 1 atom stereocenters. The van der Waals surface area contributed by atoms with Crippen LogP contribution in [0.5, 0.6) is 0 Å². The van der Waals surface area contributed by atoms with Gasteiger partial charge < -0.3 is 11.5 Å². The molecule has 0 aliphatic carbocycles. The molecule has 74 valence electrons. The number of benzene rings is 1. The standard InChI is InChI=1S/C11H15N3/c1-7-5-9(10(13)3-4-12)6-8(2)11(7)14/h5-6,10H,3,13-14H2,1-2H3. The molecule has 0 aliphatic rings. The molecule has 0 radical (unpaired) electrons. The summed E-state index contributed by atoms with van der Waals surface area (Å²) in [5.41, 5.74) is 15.5. The molecule has 0 saturated heterocycles. The van der Waals surface area contributed by atoms with Crippen LogP contribution in [0.15, 0.2) is 12.1 Å². The summed E-state index contributed by atoms with van der Waals surface area (Å²) in [6.45, 7) is 3.90. The molecule has 1 rings (SSSR count). The van der Waals surface area contributed by atoms with Crippen LogP contribution in [0.25, 0.3) is 0 Å². The van der Waals surface area contributed by atoms with Crippen molar-refractivity contribution in [2.75, 3.05) is 5.73 Å². The Hall–Kier alpha value is -1.53. The smallest absolute Gasteiger partial charge is 0.0641 e. The molecule has 0 spiro atoms. The molecule has 1 unspecified atom stereocenters. The zero-order valence-electron chi connectivity index (χ0n) is 8.54. The van der Waals surface area contributed by atoms with Gasteiger partial charge in [-0.1, -0.05) is 12.1 Å². The summed E-state index contributed by atoms with van der Waals surface area (Å²) in [5.74, 6) is 0. The minimum Gasteiger partial charge on any atom is -0.398 e. The number of nitrogens with zero attached hydrogens (tertiary/aromatic N) is 1. The highest BCUT2D eigenvalue weighted by atomic mass is 14.6. The van der Waals surface area contributed by atoms with E-state index in [1.807, 2.05) is 26.0 Å². The molecular formula is C11H15N3. The van der Waals surface area contributed by atoms with Crippen molar-refractivity contribution >= 4 is 5.69 Å². The van der Waals surface area contributed by atoms with Crippen molar-refractivity contribution in [3.05, 3.63) is 28.8 Å². The van der Waals surface area contributed by atoms with Crippen LogP contribution in [0, 0.1) is 25.2 Å². The summed E-state index contributed by atoms with van der Waals surface area (Å²) in [6.07, 6.45) is 0.336. The monoisotopic (exact) mass is 189 g/mol. The first-order valence-electron chi connectivity index (χ1n) is 4.55. The summed E-state index contributed by atoms with van der Waals surface area (Å²) < 4.78 is 0. The number of rotatable bonds is 2. The molecule has 3 heteroatoms. The number of hydrogen-bond acceptors (Lipinski definition) is 3. The highest BCUT2D eigenvalue weighted by molar-refractivity contribution is 5.54. The molecule has 0 fully saturated rings. The number of nitriles is 1. The SMILES string of the molecule is Cc1cc(C(N)CC#N)cc(C)c1N. The first-order valence-corrected chi connectivity index (χ1v) is 4.55. The van der Waals surface area contributed by atoms with Crippen LogP contribution in [-0.4, -0.2) is 0 Å². The lowest BCUT2D eigenvalue weighted by Crippen LogP contribution is -2.10. The molecule has 0 aliphatic heterocycles. The van der Waals surface area contributed by atoms with E-state index in [0.29, 0.717) is 6.42 Å². The zero-order valence-corrected chi connectivity index (χ0v) is 8.54. The van der Waals surface area contributed by atoms with Crippen molar-refractivity contribution in [1.82, 2.24) is 0 Å². The van der Waals surface area contributed by atoms with Gasteiger partial charge in [0.15, 0.2) is 0 Å². The number of anilines is 1. The fourth-order valence-corrected chi connectivity index (χ4v) is 1.44. The Bertz CT molecular complexity index is 354. The van der Waals surface area contributed by atoms with E-state index < -0.39 is 0 Å². The van der Waals surface area contributed by atoms with Gasteiger partial charge in [0.2, 0.25) is 0 Å². The van der Waals surface area contributed by atoms with E-state index in [0.717, 1.165) is 22.4 Å². The normalized spacial score (nSPS) is 12.1. The van der Waals surface area contributed by atoms with Crippen LogP contribution in [-0.2, 0) is 0 Å². The van der Waals surface area contributed by atoms with Gasteiger partial charge >= 0.3 is 0 Å². The zero-order chi connectivity index (χ0) is 10.7. The molecule has 1 aromatic carbocycles. The van der Waals surface area contributed by atoms with Gasteiger partial charge in [-0.25, -0.2) is 0 Å². The van der Waals surface area contributed by atoms with Crippen molar-refractivity contribution in [2.45, 2.75) is 26.3 Å². The Balaban J connectivity index is 3.07. The van der Waals surface area contributed by atoms with Crippen LogP contribution in [0.1, 0.15) is 29.2 Å². The second kappa shape index (κ2) is 4.12. The van der Waals surface area contributed by atoms with Crippen LogP contribution in [0.2, 0.25) is 0 Å². The molecule has 0 bridgehead atoms. The summed E-state index contributed by atoms with van der Waals surface area (Å²) >= 11 is 0. The highest BCUT2D eigenvalue weighted by Crippen LogP contribution is 2.23. The average molecular weight is 189 g/mol. The van der Waals surface area contributed by atoms with E-state index in [4.69, 9.17) is 16.7 Å². The second-order valence-electron chi connectivity index (χ2n) is 3.54. The molecule has 0 aromatic heterocycles. The third kappa shape index (κ3) is 2.04. The highest BCUT2D eigenvalue weighted by Gasteiger charge is 2.08. The molecule has 14 heavy (non-hydrogen) atoms. The van der Waals surface area contributed by atoms with E-state index in [1.54, 1.807) is 0 Å². The Morgan fingerprint density at radius 2 is 1.86 bits per heavy atom. The van der Waals surface area contributed by atoms with Crippen LogP contribution in [0.4, 0.5) is 5.69 Å². The Morgan fingerprint density at radius 1 is 1.36 bits per heavy atom. The minimum atomic E-state index is -0.210. The molecule has 1 aromatic rings. The average Bonchev–Trinajstić information content (AvgIpc) is 2.13. The van der Waals surface area contributed by atoms with E-state index in [1.165, 1.54) is 0 Å². The van der Waals surface area contributed by atoms with Gasteiger partial charge in [0, 0.05) is 11.7 Å². The summed E-state index contributed by atoms with van der Waals surface area (Å²) in [7, 11) is 0. The van der Waals surface area contributed by atoms with Gasteiger partial charge in [0.25, 0.3) is 0 Å². The number of hydrogen-bond donors (Lipinski definition) is 2. The fourth-order valence-electron chi connectivity index (χ4n) is 1.44. The molecule has 0 amide bonds. The van der Waals surface area contributed by atoms with Crippen LogP contribution in [0.3, 0.4) is 0 Å². The minimum absolute atomic E-state index is 0.210. The van der Waals surface area contributed by atoms with Crippen molar-refractivity contribution in [2.24, 2.45) is 5.73 Å². The predicted octanol–water partition coefficient (Wildman–Crippen LogP) is 1.80. The molecular weight excluding hydrogens is 174 g/mol. The number of nitrogen functional groups attached to an aromatic ring is 1. The lowest BCUT2D eigenvalue weighted by Gasteiger charge is -2.12. The third-order valence-corrected chi connectivity index (χ3v) is 2.36. The summed E-state index contributed by atoms with van der Waals surface area (Å²) in [5, 5.41) is 8.54. The van der Waals surface area contributed by atoms with Crippen molar-refractivity contribution < 1.29 is 0 Å². The van der Waals surface area contributed by atoms with E-state index in [9.17, 15) is 0 Å². The number of aryl methyl sites for hydroxylation is 2. The quantitative estimate of drug-likeness (QED) is 0.696. The van der Waals surface area contributed by atoms with E-state index in [2.05, 4.69) is 6.07 Å². The predicted molar refractivity (Wildman–Crippen MR) is 57.5 cm³/mol. The Morgan fingerprint density at radius 3 is 2.29 bits per heavy atom. The number of nitrogens with two attached hydrogens (primary N) is 2. The van der Waals surface area contributed by atoms with Crippen LogP contribution < -0.4 is 11.5 Å². The maximum absolute atomic E-state index is 8.54. The van der Waals surface area contributed by atoms with Gasteiger partial charge in [-0.05, 0) is 30.5 Å². The Labute approximate surface area is 84.3 Å². The van der Waals surface area contributed by atoms with Crippen LogP contribution >= 0.6 is 0 Å². The summed E-state index contributed by atoms with van der Waals surface area (Å²) in [6, 6.07) is 5.75. The van der Waals surface area contributed by atoms with Gasteiger partial charge in [-0.15, -0.1) is 0 Å². The third-order valence-electron chi connectivity index (χ3n) is 2.36. The second-order valence-corrected chi connectivity index (χ2v) is 3.54. The van der Waals surface area contributed by atoms with E-state index in [-0.39, 0.29) is 6.04 Å². The molecule has 0 heterocycles.